The van der Waals surface area contributed by atoms with Crippen molar-refractivity contribution < 1.29 is 4.48 Å². The molecule has 0 aliphatic rings. The van der Waals surface area contributed by atoms with Crippen LogP contribution in [0.4, 0.5) is 11.4 Å². The van der Waals surface area contributed by atoms with E-state index >= 15 is 0 Å². The largest absolute Gasteiger partial charge is 0.409 e. The Morgan fingerprint density at radius 1 is 0.619 bits per heavy atom. The first-order valence-electron chi connectivity index (χ1n) is 14.7. The fourth-order valence-corrected chi connectivity index (χ4v) is 6.35. The number of nitrogens with zero attached hydrogens (tertiary/aromatic N) is 2. The maximum atomic E-state index is 3.97. The van der Waals surface area contributed by atoms with Crippen LogP contribution < -0.4 is 15.3 Å². The van der Waals surface area contributed by atoms with Gasteiger partial charge in [-0.15, -0.1) is 0 Å². The van der Waals surface area contributed by atoms with Crippen LogP contribution in [0.5, 0.6) is 0 Å². The number of imidazole rings is 1. The van der Waals surface area contributed by atoms with E-state index in [9.17, 15) is 0 Å². The molecule has 0 saturated carbocycles. The first-order valence-corrected chi connectivity index (χ1v) is 14.7. The van der Waals surface area contributed by atoms with Crippen molar-refractivity contribution in [2.24, 2.45) is 7.05 Å². The van der Waals surface area contributed by atoms with E-state index in [-0.39, 0.29) is 6.85 Å². The normalized spacial score (nSPS) is 11.0. The van der Waals surface area contributed by atoms with Gasteiger partial charge in [0.1, 0.15) is 12.4 Å². The van der Waals surface area contributed by atoms with Crippen molar-refractivity contribution in [3.63, 3.8) is 0 Å². The molecule has 0 spiro atoms. The molecule has 0 atom stereocenters. The second-order valence-corrected chi connectivity index (χ2v) is 11.2. The summed E-state index contributed by atoms with van der Waals surface area (Å²) in [6, 6.07) is 41.0. The summed E-state index contributed by atoms with van der Waals surface area (Å²) in [5, 5.41) is 3.97. The van der Waals surface area contributed by atoms with Crippen molar-refractivity contribution in [3.8, 4) is 33.6 Å². The molecule has 0 unspecified atom stereocenters. The van der Waals surface area contributed by atoms with E-state index < -0.39 is 0 Å². The molecule has 1 N–H and O–H groups in total. The van der Waals surface area contributed by atoms with E-state index in [2.05, 4.69) is 177 Å². The summed E-state index contributed by atoms with van der Waals surface area (Å²) < 4.78 is 4.67. The maximum absolute atomic E-state index is 3.97. The quantitative estimate of drug-likeness (QED) is 0.200. The van der Waals surface area contributed by atoms with Gasteiger partial charge in [0.25, 0.3) is 5.82 Å². The first kappa shape index (κ1) is 27.3. The zero-order valence-electron chi connectivity index (χ0n) is 25.1. The highest BCUT2D eigenvalue weighted by Crippen LogP contribution is 2.41. The molecule has 0 bridgehead atoms. The molecule has 0 amide bonds. The third-order valence-corrected chi connectivity index (χ3v) is 8.40. The molecule has 0 saturated heterocycles. The van der Waals surface area contributed by atoms with Crippen molar-refractivity contribution in [1.29, 1.82) is 0 Å². The molecule has 0 aliphatic carbocycles. The van der Waals surface area contributed by atoms with Crippen LogP contribution >= 0.6 is 0 Å². The predicted octanol–water partition coefficient (Wildman–Crippen LogP) is 8.36. The Labute approximate surface area is 250 Å². The Morgan fingerprint density at radius 2 is 1.14 bits per heavy atom. The predicted molar refractivity (Wildman–Crippen MR) is 179 cm³/mol. The molecule has 42 heavy (non-hydrogen) atoms. The Kier molecular flexibility index (Phi) is 7.54. The number of rotatable bonds is 7. The monoisotopic (exact) mass is 546 g/mol. The molecule has 0 radical (unpaired) electrons. The van der Waals surface area contributed by atoms with Crippen LogP contribution in [0, 0.1) is 20.8 Å². The lowest BCUT2D eigenvalue weighted by Gasteiger charge is -2.21. The Morgan fingerprint density at radius 3 is 1.74 bits per heavy atom. The summed E-state index contributed by atoms with van der Waals surface area (Å²) >= 11 is 0. The van der Waals surface area contributed by atoms with Gasteiger partial charge in [-0.05, 0) is 55.8 Å². The van der Waals surface area contributed by atoms with Crippen LogP contribution in [0.25, 0.3) is 33.6 Å². The summed E-state index contributed by atoms with van der Waals surface area (Å²) in [5.41, 5.74) is 13.3. The van der Waals surface area contributed by atoms with E-state index in [1.54, 1.807) is 0 Å². The fourth-order valence-electron chi connectivity index (χ4n) is 6.35. The number of aromatic nitrogens is 2. The van der Waals surface area contributed by atoms with Gasteiger partial charge in [-0.2, -0.15) is 0 Å². The summed E-state index contributed by atoms with van der Waals surface area (Å²) in [7, 11) is 2.15. The lowest BCUT2D eigenvalue weighted by atomic mass is 9.55. The second kappa shape index (κ2) is 11.6. The van der Waals surface area contributed by atoms with Crippen molar-refractivity contribution >= 4 is 23.7 Å². The maximum Gasteiger partial charge on any atom is 0.409 e. The zero-order chi connectivity index (χ0) is 29.2. The van der Waals surface area contributed by atoms with Crippen molar-refractivity contribution in [3.05, 3.63) is 144 Å². The highest BCUT2D eigenvalue weighted by Gasteiger charge is 2.31. The summed E-state index contributed by atoms with van der Waals surface area (Å²) in [6.07, 6.45) is 4.39. The molecule has 206 valence electrons. The van der Waals surface area contributed by atoms with Gasteiger partial charge in [0.05, 0.1) is 24.0 Å². The average Bonchev–Trinajstić information content (AvgIpc) is 3.38. The summed E-state index contributed by atoms with van der Waals surface area (Å²) in [6.45, 7) is 9.12. The summed E-state index contributed by atoms with van der Waals surface area (Å²) in [4.78, 5) is 0. The van der Waals surface area contributed by atoms with Crippen LogP contribution in [-0.4, -0.2) is 11.4 Å². The van der Waals surface area contributed by atoms with E-state index in [4.69, 9.17) is 0 Å². The van der Waals surface area contributed by atoms with Crippen LogP contribution in [0.1, 0.15) is 16.7 Å². The van der Waals surface area contributed by atoms with Gasteiger partial charge >= 0.3 is 6.85 Å². The van der Waals surface area contributed by atoms with Crippen LogP contribution in [0.3, 0.4) is 0 Å². The lowest BCUT2D eigenvalue weighted by molar-refractivity contribution is -0.521. The number of anilines is 2. The van der Waals surface area contributed by atoms with Crippen molar-refractivity contribution in [2.45, 2.75) is 27.6 Å². The second-order valence-electron chi connectivity index (χ2n) is 11.2. The fraction of sp³-hybridized carbons (Fsp3) is 0.132. The number of nitrogens with one attached hydrogen (secondary N) is 1. The molecule has 1 aromatic heterocycles. The van der Waals surface area contributed by atoms with Gasteiger partial charge in [-0.3, -0.25) is 4.48 Å². The minimum Gasteiger partial charge on any atom is -0.354 e. The van der Waals surface area contributed by atoms with Gasteiger partial charge in [-0.1, -0.05) is 120 Å². The highest BCUT2D eigenvalue weighted by atomic mass is 15.1. The first-order chi connectivity index (χ1) is 20.4. The number of aryl methyl sites for hydroxylation is 4. The number of benzene rings is 5. The van der Waals surface area contributed by atoms with Gasteiger partial charge < -0.3 is 5.32 Å². The molecule has 1 heterocycles. The molecule has 0 fully saturated rings. The molecule has 6 rings (SSSR count). The van der Waals surface area contributed by atoms with E-state index in [0.29, 0.717) is 0 Å². The molecule has 0 aliphatic heterocycles. The number of hydrogen-bond acceptors (Lipinski definition) is 1. The van der Waals surface area contributed by atoms with Gasteiger partial charge in [0, 0.05) is 11.1 Å². The van der Waals surface area contributed by atoms with E-state index in [1.807, 2.05) is 0 Å². The minimum absolute atomic E-state index is 0.173. The SMILES string of the molecule is CB(c1c(C)cccc1C)[n+]1ccn(C)c1-c1c(C)cccc1Nc1c(-c2ccccc2)cccc1-c1ccccc1. The Hall–Kier alpha value is -4.83. The van der Waals surface area contributed by atoms with E-state index in [0.717, 1.165) is 11.4 Å². The van der Waals surface area contributed by atoms with Crippen LogP contribution in [0.2, 0.25) is 6.82 Å². The third kappa shape index (κ3) is 5.05. The van der Waals surface area contributed by atoms with E-state index in [1.165, 1.54) is 55.8 Å². The molecular weight excluding hydrogens is 509 g/mol. The zero-order valence-corrected chi connectivity index (χ0v) is 25.1. The third-order valence-electron chi connectivity index (χ3n) is 8.40. The molecule has 6 aromatic rings. The molecule has 3 nitrogen and oxygen atoms in total. The molecule has 4 heteroatoms. The number of hydrogen-bond donors (Lipinski definition) is 1. The average molecular weight is 547 g/mol. The topological polar surface area (TPSA) is 20.8 Å². The van der Waals surface area contributed by atoms with Gasteiger partial charge in [0.2, 0.25) is 0 Å². The smallest absolute Gasteiger partial charge is 0.354 e. The lowest BCUT2D eigenvalue weighted by Crippen LogP contribution is -2.58. The van der Waals surface area contributed by atoms with Crippen LogP contribution in [-0.2, 0) is 7.05 Å². The van der Waals surface area contributed by atoms with Crippen molar-refractivity contribution in [1.82, 2.24) is 4.57 Å². The van der Waals surface area contributed by atoms with Gasteiger partial charge in [-0.25, -0.2) is 4.57 Å². The minimum atomic E-state index is 0.173. The molecule has 5 aromatic carbocycles. The highest BCUT2D eigenvalue weighted by molar-refractivity contribution is 6.65. The standard InChI is InChI=1S/C38H36BN3/c1-27-15-13-24-34(35(27)38-41(5)25-26-42(38)39(4)36-28(2)16-12-17-29(36)3)40-37-32(30-18-8-6-9-19-30)22-14-23-33(37)31-20-10-7-11-21-31/h6-26H,1-5H3/p+1. The summed E-state index contributed by atoms with van der Waals surface area (Å²) in [5.74, 6) is 1.17. The van der Waals surface area contributed by atoms with Gasteiger partial charge in [0.15, 0.2) is 0 Å². The van der Waals surface area contributed by atoms with Crippen LogP contribution in [0.15, 0.2) is 128 Å². The molecular formula is C38H37BN3+. The van der Waals surface area contributed by atoms with Crippen molar-refractivity contribution in [2.75, 3.05) is 5.32 Å². The Bertz CT molecular complexity index is 1780. The number of para-hydroxylation sites is 1. The Balaban J connectivity index is 1.54.